The average molecular weight is 227 g/mol. The van der Waals surface area contributed by atoms with E-state index in [4.69, 9.17) is 15.0 Å². The van der Waals surface area contributed by atoms with Crippen LogP contribution >= 0.6 is 0 Å². The van der Waals surface area contributed by atoms with Crippen LogP contribution in [0.5, 0.6) is 0 Å². The maximum absolute atomic E-state index is 5.69. The normalized spacial score (nSPS) is 15.4. The van der Waals surface area contributed by atoms with Gasteiger partial charge in [-0.05, 0) is 12.8 Å². The molecule has 2 atom stereocenters. The van der Waals surface area contributed by atoms with E-state index in [1.165, 1.54) is 0 Å². The molecule has 92 valence electrons. The Hall–Kier alpha value is -0.940. The number of nitrogens with zero attached hydrogens (tertiary/aromatic N) is 2. The molecular weight excluding hydrogens is 206 g/mol. The number of nitrogens with two attached hydrogens (primary N) is 1. The van der Waals surface area contributed by atoms with Crippen molar-refractivity contribution in [1.82, 2.24) is 10.1 Å². The quantitative estimate of drug-likeness (QED) is 0.794. The predicted molar refractivity (Wildman–Crippen MR) is 61.1 cm³/mol. The Morgan fingerprint density at radius 2 is 2.06 bits per heavy atom. The molecule has 2 unspecified atom stereocenters. The molecule has 2 N–H and O–H groups in total. The van der Waals surface area contributed by atoms with Crippen molar-refractivity contribution in [3.05, 3.63) is 11.7 Å². The van der Waals surface area contributed by atoms with Crippen molar-refractivity contribution < 1.29 is 9.26 Å². The maximum Gasteiger partial charge on any atom is 0.231 e. The zero-order valence-electron chi connectivity index (χ0n) is 10.4. The van der Waals surface area contributed by atoms with Crippen molar-refractivity contribution in [3.63, 3.8) is 0 Å². The summed E-state index contributed by atoms with van der Waals surface area (Å²) in [6, 6.07) is 0. The van der Waals surface area contributed by atoms with Gasteiger partial charge in [0.25, 0.3) is 0 Å². The fourth-order valence-electron chi connectivity index (χ4n) is 1.50. The molecule has 16 heavy (non-hydrogen) atoms. The fourth-order valence-corrected chi connectivity index (χ4v) is 1.50. The molecule has 1 aromatic rings. The molecule has 0 spiro atoms. The van der Waals surface area contributed by atoms with Gasteiger partial charge in [-0.25, -0.2) is 0 Å². The Morgan fingerprint density at radius 1 is 1.38 bits per heavy atom. The van der Waals surface area contributed by atoms with Crippen molar-refractivity contribution >= 4 is 0 Å². The summed E-state index contributed by atoms with van der Waals surface area (Å²) in [6.45, 7) is 6.69. The number of hydrogen-bond donors (Lipinski definition) is 1. The summed E-state index contributed by atoms with van der Waals surface area (Å²) in [5.74, 6) is 1.86. The Bertz CT molecular complexity index is 312. The SMILES string of the molecule is COC(C)Cc1noc(C(CN)C(C)C)n1. The van der Waals surface area contributed by atoms with Crippen LogP contribution in [0.1, 0.15) is 38.4 Å². The van der Waals surface area contributed by atoms with Crippen molar-refractivity contribution in [2.75, 3.05) is 13.7 Å². The third kappa shape index (κ3) is 3.28. The predicted octanol–water partition coefficient (Wildman–Crippen LogP) is 1.35. The number of hydrogen-bond acceptors (Lipinski definition) is 5. The molecule has 0 aliphatic rings. The summed E-state index contributed by atoms with van der Waals surface area (Å²) >= 11 is 0. The second-order valence-electron chi connectivity index (χ2n) is 4.39. The lowest BCUT2D eigenvalue weighted by atomic mass is 9.96. The van der Waals surface area contributed by atoms with Gasteiger partial charge in [-0.15, -0.1) is 0 Å². The minimum atomic E-state index is 0.0980. The highest BCUT2D eigenvalue weighted by molar-refractivity contribution is 4.97. The van der Waals surface area contributed by atoms with E-state index in [-0.39, 0.29) is 12.0 Å². The van der Waals surface area contributed by atoms with Crippen molar-refractivity contribution in [3.8, 4) is 0 Å². The summed E-state index contributed by atoms with van der Waals surface area (Å²) in [7, 11) is 1.67. The highest BCUT2D eigenvalue weighted by Crippen LogP contribution is 2.21. The van der Waals surface area contributed by atoms with Crippen molar-refractivity contribution in [2.45, 2.75) is 39.2 Å². The highest BCUT2D eigenvalue weighted by atomic mass is 16.5. The van der Waals surface area contributed by atoms with Gasteiger partial charge in [0.05, 0.1) is 12.0 Å². The third-order valence-electron chi connectivity index (χ3n) is 2.73. The average Bonchev–Trinajstić information content (AvgIpc) is 2.66. The fraction of sp³-hybridized carbons (Fsp3) is 0.818. The lowest BCUT2D eigenvalue weighted by Crippen LogP contribution is -2.18. The smallest absolute Gasteiger partial charge is 0.231 e. The summed E-state index contributed by atoms with van der Waals surface area (Å²) in [6.07, 6.45) is 0.760. The van der Waals surface area contributed by atoms with E-state index in [0.717, 1.165) is 0 Å². The van der Waals surface area contributed by atoms with Gasteiger partial charge in [0.1, 0.15) is 0 Å². The number of methoxy groups -OCH3 is 1. The summed E-state index contributed by atoms with van der Waals surface area (Å²) in [5, 5.41) is 3.93. The molecule has 0 radical (unpaired) electrons. The second-order valence-corrected chi connectivity index (χ2v) is 4.39. The van der Waals surface area contributed by atoms with Gasteiger partial charge in [0, 0.05) is 20.1 Å². The van der Waals surface area contributed by atoms with Gasteiger partial charge in [-0.2, -0.15) is 4.98 Å². The van der Waals surface area contributed by atoms with Crippen LogP contribution in [0.4, 0.5) is 0 Å². The van der Waals surface area contributed by atoms with Crippen LogP contribution in [0.2, 0.25) is 0 Å². The Kier molecular flexibility index (Phi) is 4.89. The summed E-state index contributed by atoms with van der Waals surface area (Å²) in [5.41, 5.74) is 5.69. The van der Waals surface area contributed by atoms with E-state index in [1.807, 2.05) is 6.92 Å². The zero-order valence-corrected chi connectivity index (χ0v) is 10.4. The van der Waals surface area contributed by atoms with Crippen LogP contribution in [0, 0.1) is 5.92 Å². The molecule has 0 fully saturated rings. The van der Waals surface area contributed by atoms with Gasteiger partial charge < -0.3 is 15.0 Å². The first kappa shape index (κ1) is 13.1. The van der Waals surface area contributed by atoms with Crippen LogP contribution in [0.25, 0.3) is 0 Å². The first-order valence-electron chi connectivity index (χ1n) is 5.63. The van der Waals surface area contributed by atoms with Crippen LogP contribution in [0.3, 0.4) is 0 Å². The molecule has 1 aromatic heterocycles. The molecule has 0 aromatic carbocycles. The zero-order chi connectivity index (χ0) is 12.1. The summed E-state index contributed by atoms with van der Waals surface area (Å²) in [4.78, 5) is 4.35. The Morgan fingerprint density at radius 3 is 2.56 bits per heavy atom. The molecule has 0 aliphatic carbocycles. The van der Waals surface area contributed by atoms with Gasteiger partial charge in [0.2, 0.25) is 5.89 Å². The molecule has 5 nitrogen and oxygen atoms in total. The molecule has 5 heteroatoms. The number of rotatable bonds is 6. The van der Waals surface area contributed by atoms with Crippen LogP contribution < -0.4 is 5.73 Å². The molecule has 1 rings (SSSR count). The van der Waals surface area contributed by atoms with Gasteiger partial charge in [0.15, 0.2) is 5.82 Å². The van der Waals surface area contributed by atoms with Gasteiger partial charge in [-0.3, -0.25) is 0 Å². The van der Waals surface area contributed by atoms with Gasteiger partial charge in [-0.1, -0.05) is 19.0 Å². The second kappa shape index (κ2) is 5.96. The molecule has 0 saturated heterocycles. The standard InChI is InChI=1S/C11H21N3O2/c1-7(2)9(6-12)11-13-10(14-16-11)5-8(3)15-4/h7-9H,5-6,12H2,1-4H3. The Labute approximate surface area is 96.4 Å². The van der Waals surface area contributed by atoms with E-state index < -0.39 is 0 Å². The van der Waals surface area contributed by atoms with Crippen molar-refractivity contribution in [2.24, 2.45) is 11.7 Å². The van der Waals surface area contributed by atoms with E-state index in [0.29, 0.717) is 30.6 Å². The monoisotopic (exact) mass is 227 g/mol. The maximum atomic E-state index is 5.69. The molecule has 0 amide bonds. The molecule has 0 aliphatic heterocycles. The molecular formula is C11H21N3O2. The number of ether oxygens (including phenoxy) is 1. The van der Waals surface area contributed by atoms with E-state index >= 15 is 0 Å². The number of aromatic nitrogens is 2. The van der Waals surface area contributed by atoms with E-state index in [9.17, 15) is 0 Å². The van der Waals surface area contributed by atoms with Crippen LogP contribution in [0.15, 0.2) is 4.52 Å². The first-order chi connectivity index (χ1) is 7.58. The summed E-state index contributed by atoms with van der Waals surface area (Å²) < 4.78 is 10.4. The van der Waals surface area contributed by atoms with Crippen LogP contribution in [-0.4, -0.2) is 29.9 Å². The Balaban J connectivity index is 2.69. The third-order valence-corrected chi connectivity index (χ3v) is 2.73. The highest BCUT2D eigenvalue weighted by Gasteiger charge is 2.21. The first-order valence-corrected chi connectivity index (χ1v) is 5.63. The lowest BCUT2D eigenvalue weighted by molar-refractivity contribution is 0.116. The largest absolute Gasteiger partial charge is 0.381 e. The van der Waals surface area contributed by atoms with E-state index in [2.05, 4.69) is 24.0 Å². The van der Waals surface area contributed by atoms with Crippen molar-refractivity contribution in [1.29, 1.82) is 0 Å². The van der Waals surface area contributed by atoms with Crippen LogP contribution in [-0.2, 0) is 11.2 Å². The topological polar surface area (TPSA) is 74.2 Å². The minimum Gasteiger partial charge on any atom is -0.381 e. The molecule has 1 heterocycles. The lowest BCUT2D eigenvalue weighted by Gasteiger charge is -2.13. The molecule has 0 saturated carbocycles. The molecule has 0 bridgehead atoms. The van der Waals surface area contributed by atoms with E-state index in [1.54, 1.807) is 7.11 Å². The van der Waals surface area contributed by atoms with Gasteiger partial charge >= 0.3 is 0 Å². The minimum absolute atomic E-state index is 0.0980.